The van der Waals surface area contributed by atoms with Gasteiger partial charge < -0.3 is 14.4 Å². The van der Waals surface area contributed by atoms with Gasteiger partial charge in [-0.3, -0.25) is 20.4 Å². The molecular weight excluding hydrogens is 382 g/mol. The highest BCUT2D eigenvalue weighted by atomic mass is 16.5. The summed E-state index contributed by atoms with van der Waals surface area (Å²) in [5.74, 6) is 0.872. The Bertz CT molecular complexity index is 856. The number of carbonyl (C=O) groups is 2. The normalized spacial score (nSPS) is 12.6. The molecule has 0 radical (unpaired) electrons. The van der Waals surface area contributed by atoms with E-state index in [0.717, 1.165) is 25.1 Å². The van der Waals surface area contributed by atoms with Crippen LogP contribution in [-0.4, -0.2) is 38.1 Å². The van der Waals surface area contributed by atoms with Crippen LogP contribution in [0.4, 0.5) is 5.69 Å². The summed E-state index contributed by atoms with van der Waals surface area (Å²) < 4.78 is 11.2. The van der Waals surface area contributed by atoms with E-state index >= 15 is 0 Å². The standard InChI is InChI=1S/C23H29N3O4/c1-2-29-20-12-5-6-13-21(20)30-16-8-14-22(27)24-25-23(28)17-26-15-7-10-18-9-3-4-11-19(18)26/h3-6,9,11-13H,2,7-8,10,14-17H2,1H3,(H,24,27)(H,25,28). The highest BCUT2D eigenvalue weighted by Gasteiger charge is 2.18. The molecule has 3 rings (SSSR count). The van der Waals surface area contributed by atoms with Crippen LogP contribution in [0.15, 0.2) is 48.5 Å². The van der Waals surface area contributed by atoms with E-state index in [1.165, 1.54) is 5.56 Å². The van der Waals surface area contributed by atoms with Crippen LogP contribution in [-0.2, 0) is 16.0 Å². The maximum absolute atomic E-state index is 12.2. The topological polar surface area (TPSA) is 79.9 Å². The molecule has 7 heteroatoms. The van der Waals surface area contributed by atoms with Crippen molar-refractivity contribution >= 4 is 17.5 Å². The van der Waals surface area contributed by atoms with E-state index in [9.17, 15) is 9.59 Å². The van der Waals surface area contributed by atoms with Crippen molar-refractivity contribution in [3.63, 3.8) is 0 Å². The van der Waals surface area contributed by atoms with Gasteiger partial charge >= 0.3 is 0 Å². The van der Waals surface area contributed by atoms with Gasteiger partial charge in [-0.1, -0.05) is 30.3 Å². The van der Waals surface area contributed by atoms with E-state index in [-0.39, 0.29) is 24.8 Å². The molecular formula is C23H29N3O4. The minimum Gasteiger partial charge on any atom is -0.490 e. The number of nitrogens with one attached hydrogen (secondary N) is 2. The van der Waals surface area contributed by atoms with Crippen LogP contribution in [0.2, 0.25) is 0 Å². The number of hydrogen-bond acceptors (Lipinski definition) is 5. The zero-order chi connectivity index (χ0) is 21.2. The molecule has 0 aromatic heterocycles. The van der Waals surface area contributed by atoms with Crippen LogP contribution in [0.25, 0.3) is 0 Å². The second kappa shape index (κ2) is 11.1. The first-order valence-electron chi connectivity index (χ1n) is 10.4. The molecule has 0 unspecified atom stereocenters. The third-order valence-electron chi connectivity index (χ3n) is 4.84. The molecule has 0 fully saturated rings. The van der Waals surface area contributed by atoms with Crippen molar-refractivity contribution in [2.75, 3.05) is 31.2 Å². The van der Waals surface area contributed by atoms with Gasteiger partial charge in [0.05, 0.1) is 19.8 Å². The Morgan fingerprint density at radius 1 is 0.967 bits per heavy atom. The van der Waals surface area contributed by atoms with Crippen LogP contribution in [0.1, 0.15) is 31.7 Å². The molecule has 1 aliphatic rings. The van der Waals surface area contributed by atoms with Gasteiger partial charge in [0.1, 0.15) is 0 Å². The van der Waals surface area contributed by atoms with E-state index < -0.39 is 0 Å². The summed E-state index contributed by atoms with van der Waals surface area (Å²) in [6, 6.07) is 15.6. The number of ether oxygens (including phenoxy) is 2. The lowest BCUT2D eigenvalue weighted by Crippen LogP contribution is -2.47. The average molecular weight is 412 g/mol. The van der Waals surface area contributed by atoms with E-state index in [4.69, 9.17) is 9.47 Å². The summed E-state index contributed by atoms with van der Waals surface area (Å²) >= 11 is 0. The molecule has 30 heavy (non-hydrogen) atoms. The first kappa shape index (κ1) is 21.5. The molecule has 0 saturated carbocycles. The van der Waals surface area contributed by atoms with Gasteiger partial charge in [0.25, 0.3) is 5.91 Å². The highest BCUT2D eigenvalue weighted by molar-refractivity contribution is 5.85. The zero-order valence-corrected chi connectivity index (χ0v) is 17.4. The molecule has 0 aliphatic carbocycles. The number of nitrogens with zero attached hydrogens (tertiary/aromatic N) is 1. The highest BCUT2D eigenvalue weighted by Crippen LogP contribution is 2.27. The predicted octanol–water partition coefficient (Wildman–Crippen LogP) is 2.84. The lowest BCUT2D eigenvalue weighted by atomic mass is 10.0. The smallest absolute Gasteiger partial charge is 0.257 e. The molecule has 2 amide bonds. The van der Waals surface area contributed by atoms with Gasteiger partial charge in [0, 0.05) is 18.7 Å². The SMILES string of the molecule is CCOc1ccccc1OCCCC(=O)NNC(=O)CN1CCCc2ccccc21. The fraction of sp³-hybridized carbons (Fsp3) is 0.391. The molecule has 1 heterocycles. The van der Waals surface area contributed by atoms with Gasteiger partial charge in [-0.2, -0.15) is 0 Å². The zero-order valence-electron chi connectivity index (χ0n) is 17.4. The van der Waals surface area contributed by atoms with E-state index in [1.54, 1.807) is 0 Å². The van der Waals surface area contributed by atoms with Crippen molar-refractivity contribution < 1.29 is 19.1 Å². The Morgan fingerprint density at radius 2 is 1.67 bits per heavy atom. The number of carbonyl (C=O) groups excluding carboxylic acids is 2. The molecule has 2 N–H and O–H groups in total. The molecule has 0 spiro atoms. The fourth-order valence-corrected chi connectivity index (χ4v) is 3.45. The number of aryl methyl sites for hydroxylation is 1. The minimum atomic E-state index is -0.246. The Balaban J connectivity index is 1.35. The summed E-state index contributed by atoms with van der Waals surface area (Å²) in [6.07, 6.45) is 2.83. The first-order chi connectivity index (χ1) is 14.7. The Labute approximate surface area is 177 Å². The molecule has 0 bridgehead atoms. The van der Waals surface area contributed by atoms with Gasteiger partial charge in [0.2, 0.25) is 5.91 Å². The molecule has 2 aromatic rings. The second-order valence-corrected chi connectivity index (χ2v) is 7.08. The summed E-state index contributed by atoms with van der Waals surface area (Å²) in [5, 5.41) is 0. The number of hydrogen-bond donors (Lipinski definition) is 2. The molecule has 0 saturated heterocycles. The quantitative estimate of drug-likeness (QED) is 0.490. The number of anilines is 1. The maximum atomic E-state index is 12.2. The Morgan fingerprint density at radius 3 is 2.47 bits per heavy atom. The third-order valence-corrected chi connectivity index (χ3v) is 4.84. The largest absolute Gasteiger partial charge is 0.490 e. The minimum absolute atomic E-state index is 0.217. The molecule has 7 nitrogen and oxygen atoms in total. The van der Waals surface area contributed by atoms with Crippen molar-refractivity contribution in [3.8, 4) is 11.5 Å². The second-order valence-electron chi connectivity index (χ2n) is 7.08. The molecule has 160 valence electrons. The fourth-order valence-electron chi connectivity index (χ4n) is 3.45. The molecule has 1 aliphatic heterocycles. The molecule has 0 atom stereocenters. The lowest BCUT2D eigenvalue weighted by molar-refractivity contribution is -0.128. The van der Waals surface area contributed by atoms with Gasteiger partial charge in [-0.15, -0.1) is 0 Å². The predicted molar refractivity (Wildman–Crippen MR) is 116 cm³/mol. The monoisotopic (exact) mass is 411 g/mol. The Hall–Kier alpha value is -3.22. The average Bonchev–Trinajstić information content (AvgIpc) is 2.77. The number of fused-ring (bicyclic) bond motifs is 1. The van der Waals surface area contributed by atoms with Crippen LogP contribution in [0.5, 0.6) is 11.5 Å². The lowest BCUT2D eigenvalue weighted by Gasteiger charge is -2.30. The summed E-state index contributed by atoms with van der Waals surface area (Å²) in [5.41, 5.74) is 7.33. The van der Waals surface area contributed by atoms with Gasteiger partial charge in [0.15, 0.2) is 11.5 Å². The maximum Gasteiger partial charge on any atom is 0.257 e. The van der Waals surface area contributed by atoms with Gasteiger partial charge in [-0.05, 0) is 49.9 Å². The summed E-state index contributed by atoms with van der Waals surface area (Å²) in [4.78, 5) is 26.3. The number of benzene rings is 2. The Kier molecular flexibility index (Phi) is 7.94. The number of amides is 2. The van der Waals surface area contributed by atoms with Crippen molar-refractivity contribution in [1.82, 2.24) is 10.9 Å². The van der Waals surface area contributed by atoms with Crippen molar-refractivity contribution in [2.24, 2.45) is 0 Å². The van der Waals surface area contributed by atoms with Crippen LogP contribution < -0.4 is 25.2 Å². The van der Waals surface area contributed by atoms with Crippen molar-refractivity contribution in [3.05, 3.63) is 54.1 Å². The molecule has 2 aromatic carbocycles. The van der Waals surface area contributed by atoms with Crippen LogP contribution in [0.3, 0.4) is 0 Å². The van der Waals surface area contributed by atoms with Crippen molar-refractivity contribution in [1.29, 1.82) is 0 Å². The third kappa shape index (κ3) is 6.14. The summed E-state index contributed by atoms with van der Waals surface area (Å²) in [7, 11) is 0. The summed E-state index contributed by atoms with van der Waals surface area (Å²) in [6.45, 7) is 3.91. The van der Waals surface area contributed by atoms with E-state index in [1.807, 2.05) is 54.3 Å². The number of hydrazine groups is 1. The number of para-hydroxylation sites is 3. The van der Waals surface area contributed by atoms with E-state index in [2.05, 4.69) is 16.9 Å². The van der Waals surface area contributed by atoms with Crippen LogP contribution in [0, 0.1) is 0 Å². The number of rotatable bonds is 9. The van der Waals surface area contributed by atoms with Crippen LogP contribution >= 0.6 is 0 Å². The van der Waals surface area contributed by atoms with Gasteiger partial charge in [-0.25, -0.2) is 0 Å². The van der Waals surface area contributed by atoms with Crippen molar-refractivity contribution in [2.45, 2.75) is 32.6 Å². The van der Waals surface area contributed by atoms with E-state index in [0.29, 0.717) is 31.1 Å². The first-order valence-corrected chi connectivity index (χ1v) is 10.4.